The van der Waals surface area contributed by atoms with Crippen molar-refractivity contribution in [1.29, 1.82) is 0 Å². The molecule has 2 amide bonds. The van der Waals surface area contributed by atoms with Gasteiger partial charge < -0.3 is 10.2 Å². The Kier molecular flexibility index (Phi) is 7.50. The number of hydrogen-bond donors (Lipinski definition) is 1. The first-order chi connectivity index (χ1) is 19.0. The van der Waals surface area contributed by atoms with E-state index in [0.29, 0.717) is 28.8 Å². The Hall–Kier alpha value is -4.78. The summed E-state index contributed by atoms with van der Waals surface area (Å²) in [4.78, 5) is 34.3. The van der Waals surface area contributed by atoms with Crippen molar-refractivity contribution >= 4 is 22.6 Å². The molecule has 0 bridgehead atoms. The summed E-state index contributed by atoms with van der Waals surface area (Å²) in [6.07, 6.45) is 0.466. The standard InChI is InChI=1S/C32H29FN4O2/c1-3-29(36(21-23-11-5-4-6-12-23)32(39)35-28-16-10-8-14-26(28)33)30-34-27-15-9-7-13-25(27)31(38)37(30)24-19-17-22(2)18-20-24/h4-20,29H,3,21H2,1-2H3,(H,35,39). The van der Waals surface area contributed by atoms with E-state index in [-0.39, 0.29) is 17.8 Å². The Balaban J connectivity index is 1.68. The highest BCUT2D eigenvalue weighted by Crippen LogP contribution is 2.29. The molecular formula is C32H29FN4O2. The molecule has 5 rings (SSSR count). The molecule has 1 atom stereocenters. The van der Waals surface area contributed by atoms with E-state index in [2.05, 4.69) is 5.32 Å². The molecule has 5 aromatic rings. The molecule has 7 heteroatoms. The molecule has 0 fully saturated rings. The highest BCUT2D eigenvalue weighted by atomic mass is 19.1. The molecule has 0 aliphatic heterocycles. The summed E-state index contributed by atoms with van der Waals surface area (Å²) in [6.45, 7) is 4.16. The van der Waals surface area contributed by atoms with Crippen LogP contribution in [0.25, 0.3) is 16.6 Å². The van der Waals surface area contributed by atoms with Crippen LogP contribution in [0.5, 0.6) is 0 Å². The second-order valence-electron chi connectivity index (χ2n) is 9.41. The molecule has 1 unspecified atom stereocenters. The second-order valence-corrected chi connectivity index (χ2v) is 9.41. The minimum Gasteiger partial charge on any atom is -0.310 e. The number of nitrogens with one attached hydrogen (secondary N) is 1. The largest absolute Gasteiger partial charge is 0.322 e. The van der Waals surface area contributed by atoms with E-state index in [1.165, 1.54) is 12.1 Å². The lowest BCUT2D eigenvalue weighted by Gasteiger charge is -2.32. The van der Waals surface area contributed by atoms with E-state index in [1.807, 2.05) is 80.6 Å². The zero-order valence-electron chi connectivity index (χ0n) is 21.8. The van der Waals surface area contributed by atoms with Crippen molar-refractivity contribution in [1.82, 2.24) is 14.5 Å². The maximum Gasteiger partial charge on any atom is 0.322 e. The number of halogens is 1. The number of aromatic nitrogens is 2. The van der Waals surface area contributed by atoms with Crippen molar-refractivity contribution in [2.75, 3.05) is 5.32 Å². The van der Waals surface area contributed by atoms with Gasteiger partial charge in [-0.3, -0.25) is 9.36 Å². The maximum absolute atomic E-state index is 14.5. The number of carbonyl (C=O) groups excluding carboxylic acids is 1. The van der Waals surface area contributed by atoms with E-state index in [1.54, 1.807) is 33.7 Å². The third-order valence-electron chi connectivity index (χ3n) is 6.73. The number of fused-ring (bicyclic) bond motifs is 1. The van der Waals surface area contributed by atoms with Gasteiger partial charge in [0.25, 0.3) is 5.56 Å². The van der Waals surface area contributed by atoms with E-state index in [4.69, 9.17) is 4.98 Å². The first-order valence-electron chi connectivity index (χ1n) is 12.9. The fourth-order valence-corrected chi connectivity index (χ4v) is 4.71. The SMILES string of the molecule is CCC(c1nc2ccccc2c(=O)n1-c1ccc(C)cc1)N(Cc1ccccc1)C(=O)Nc1ccccc1F. The molecular weight excluding hydrogens is 491 g/mol. The van der Waals surface area contributed by atoms with Gasteiger partial charge in [0.05, 0.1) is 28.3 Å². The third-order valence-corrected chi connectivity index (χ3v) is 6.73. The second kappa shape index (κ2) is 11.3. The summed E-state index contributed by atoms with van der Waals surface area (Å²) >= 11 is 0. The molecule has 0 radical (unpaired) electrons. The summed E-state index contributed by atoms with van der Waals surface area (Å²) in [5, 5.41) is 3.22. The smallest absolute Gasteiger partial charge is 0.310 e. The molecule has 0 aliphatic rings. The first kappa shape index (κ1) is 25.9. The van der Waals surface area contributed by atoms with Crippen molar-refractivity contribution in [3.8, 4) is 5.69 Å². The predicted octanol–water partition coefficient (Wildman–Crippen LogP) is 7.02. The van der Waals surface area contributed by atoms with Gasteiger partial charge in [0.15, 0.2) is 0 Å². The number of urea groups is 1. The maximum atomic E-state index is 14.5. The molecule has 6 nitrogen and oxygen atoms in total. The van der Waals surface area contributed by atoms with Crippen LogP contribution in [-0.4, -0.2) is 20.5 Å². The molecule has 196 valence electrons. The summed E-state index contributed by atoms with van der Waals surface area (Å²) < 4.78 is 16.1. The zero-order valence-corrected chi connectivity index (χ0v) is 21.8. The lowest BCUT2D eigenvalue weighted by molar-refractivity contribution is 0.177. The number of aryl methyl sites for hydroxylation is 1. The van der Waals surface area contributed by atoms with E-state index < -0.39 is 17.9 Å². The minimum atomic E-state index is -0.601. The number of carbonyl (C=O) groups is 1. The number of hydrogen-bond acceptors (Lipinski definition) is 3. The van der Waals surface area contributed by atoms with Crippen molar-refractivity contribution in [3.63, 3.8) is 0 Å². The number of benzene rings is 4. The van der Waals surface area contributed by atoms with Gasteiger partial charge in [0.1, 0.15) is 11.6 Å². The van der Waals surface area contributed by atoms with E-state index in [9.17, 15) is 14.0 Å². The summed E-state index contributed by atoms with van der Waals surface area (Å²) in [5.41, 5.74) is 3.03. The van der Waals surface area contributed by atoms with Crippen molar-refractivity contribution in [2.45, 2.75) is 32.9 Å². The Bertz CT molecular complexity index is 1670. The Morgan fingerprint density at radius 1 is 0.923 bits per heavy atom. The number of para-hydroxylation sites is 2. The van der Waals surface area contributed by atoms with Crippen LogP contribution in [0.1, 0.15) is 36.3 Å². The van der Waals surface area contributed by atoms with Gasteiger partial charge in [-0.15, -0.1) is 0 Å². The van der Waals surface area contributed by atoms with Crippen LogP contribution in [-0.2, 0) is 6.54 Å². The van der Waals surface area contributed by atoms with Crippen LogP contribution in [0.4, 0.5) is 14.9 Å². The van der Waals surface area contributed by atoms with Gasteiger partial charge in [-0.05, 0) is 55.3 Å². The van der Waals surface area contributed by atoms with Crippen molar-refractivity contribution in [3.05, 3.63) is 136 Å². The molecule has 4 aromatic carbocycles. The average Bonchev–Trinajstić information content (AvgIpc) is 2.95. The fraction of sp³-hybridized carbons (Fsp3) is 0.156. The number of rotatable bonds is 7. The van der Waals surface area contributed by atoms with Crippen molar-refractivity contribution in [2.24, 2.45) is 0 Å². The van der Waals surface area contributed by atoms with Crippen molar-refractivity contribution < 1.29 is 9.18 Å². The third kappa shape index (κ3) is 5.43. The van der Waals surface area contributed by atoms with Crippen LogP contribution in [0.15, 0.2) is 108 Å². The van der Waals surface area contributed by atoms with Gasteiger partial charge in [-0.25, -0.2) is 14.2 Å². The molecule has 1 aromatic heterocycles. The van der Waals surface area contributed by atoms with Gasteiger partial charge in [0, 0.05) is 6.54 Å². The lowest BCUT2D eigenvalue weighted by atomic mass is 10.1. The van der Waals surface area contributed by atoms with Gasteiger partial charge in [-0.1, -0.05) is 79.2 Å². The number of amides is 2. The molecule has 39 heavy (non-hydrogen) atoms. The quantitative estimate of drug-likeness (QED) is 0.251. The topological polar surface area (TPSA) is 67.2 Å². The summed E-state index contributed by atoms with van der Waals surface area (Å²) in [7, 11) is 0. The van der Waals surface area contributed by atoms with Crippen LogP contribution in [0, 0.1) is 12.7 Å². The molecule has 0 saturated carbocycles. The van der Waals surface area contributed by atoms with Gasteiger partial charge in [0.2, 0.25) is 0 Å². The Morgan fingerprint density at radius 3 is 2.31 bits per heavy atom. The molecule has 1 heterocycles. The lowest BCUT2D eigenvalue weighted by Crippen LogP contribution is -2.40. The normalized spacial score (nSPS) is 11.8. The Labute approximate surface area is 226 Å². The van der Waals surface area contributed by atoms with Crippen LogP contribution >= 0.6 is 0 Å². The van der Waals surface area contributed by atoms with Crippen LogP contribution < -0.4 is 10.9 Å². The highest BCUT2D eigenvalue weighted by Gasteiger charge is 2.30. The monoisotopic (exact) mass is 520 g/mol. The fourth-order valence-electron chi connectivity index (χ4n) is 4.71. The number of anilines is 1. The van der Waals surface area contributed by atoms with Gasteiger partial charge in [-0.2, -0.15) is 0 Å². The highest BCUT2D eigenvalue weighted by molar-refractivity contribution is 5.89. The first-order valence-corrected chi connectivity index (χ1v) is 12.9. The molecule has 0 saturated heterocycles. The number of nitrogens with zero attached hydrogens (tertiary/aromatic N) is 3. The Morgan fingerprint density at radius 2 is 1.59 bits per heavy atom. The minimum absolute atomic E-state index is 0.0813. The van der Waals surface area contributed by atoms with Crippen LogP contribution in [0.3, 0.4) is 0 Å². The zero-order chi connectivity index (χ0) is 27.4. The van der Waals surface area contributed by atoms with E-state index >= 15 is 0 Å². The van der Waals surface area contributed by atoms with Gasteiger partial charge >= 0.3 is 6.03 Å². The summed E-state index contributed by atoms with van der Waals surface area (Å²) in [6, 6.07) is 29.4. The summed E-state index contributed by atoms with van der Waals surface area (Å²) in [5.74, 6) is -0.0939. The molecule has 0 aliphatic carbocycles. The predicted molar refractivity (Wildman–Crippen MR) is 153 cm³/mol. The average molecular weight is 521 g/mol. The van der Waals surface area contributed by atoms with E-state index in [0.717, 1.165) is 11.1 Å². The molecule has 0 spiro atoms. The van der Waals surface area contributed by atoms with Crippen LogP contribution in [0.2, 0.25) is 0 Å². The molecule has 1 N–H and O–H groups in total.